The number of unbranched alkanes of at least 4 members (excludes halogenated alkanes) is 2. The summed E-state index contributed by atoms with van der Waals surface area (Å²) < 4.78 is 44.7. The van der Waals surface area contributed by atoms with Crippen molar-refractivity contribution < 1.29 is 17.5 Å². The molecule has 0 amide bonds. The molecule has 1 aromatic heterocycles. The highest BCUT2D eigenvalue weighted by atomic mass is 32.3. The van der Waals surface area contributed by atoms with E-state index in [1.807, 2.05) is 13.8 Å². The summed E-state index contributed by atoms with van der Waals surface area (Å²) in [5.74, 6) is 0.299. The summed E-state index contributed by atoms with van der Waals surface area (Å²) in [6.07, 6.45) is 2.90. The van der Waals surface area contributed by atoms with Crippen LogP contribution in [0.1, 0.15) is 39.5 Å². The number of rotatable bonds is 8. The zero-order valence-corrected chi connectivity index (χ0v) is 13.8. The number of thiophene rings is 1. The highest BCUT2D eigenvalue weighted by Gasteiger charge is 2.27. The van der Waals surface area contributed by atoms with Crippen LogP contribution in [0.25, 0.3) is 0 Å². The molecule has 2 N–H and O–H groups in total. The Kier molecular flexibility index (Phi) is 6.32. The van der Waals surface area contributed by atoms with Crippen molar-refractivity contribution in [2.45, 2.75) is 49.3 Å². The summed E-state index contributed by atoms with van der Waals surface area (Å²) in [6.45, 7) is 3.89. The van der Waals surface area contributed by atoms with Crippen LogP contribution in [0.4, 0.5) is 0 Å². The van der Waals surface area contributed by atoms with E-state index in [0.717, 1.165) is 12.8 Å². The maximum atomic E-state index is 12.2. The zero-order chi connectivity index (χ0) is 14.5. The Hall–Kier alpha value is -0.0800. The molecule has 0 aromatic carbocycles. The summed E-state index contributed by atoms with van der Waals surface area (Å²) >= 11 is 1.21. The van der Waals surface area contributed by atoms with Crippen LogP contribution < -0.4 is 0 Å². The molecule has 0 atom stereocenters. The Morgan fingerprint density at radius 2 is 1.53 bits per heavy atom. The van der Waals surface area contributed by atoms with Crippen molar-refractivity contribution >= 4 is 31.8 Å². The minimum Gasteiger partial charge on any atom is -0.295 e. The van der Waals surface area contributed by atoms with E-state index in [9.17, 15) is 17.5 Å². The lowest BCUT2D eigenvalue weighted by Gasteiger charge is -2.32. The Morgan fingerprint density at radius 1 is 1.00 bits per heavy atom. The quantitative estimate of drug-likeness (QED) is 0.749. The molecule has 7 heteroatoms. The van der Waals surface area contributed by atoms with Gasteiger partial charge < -0.3 is 0 Å². The first-order valence-corrected chi connectivity index (χ1v) is 10.7. The van der Waals surface area contributed by atoms with Crippen molar-refractivity contribution in [3.63, 3.8) is 0 Å². The van der Waals surface area contributed by atoms with Gasteiger partial charge in [-0.15, -0.1) is 11.3 Å². The predicted molar refractivity (Wildman–Crippen MR) is 82.2 cm³/mol. The van der Waals surface area contributed by atoms with Gasteiger partial charge in [0.2, 0.25) is 0 Å². The first kappa shape index (κ1) is 17.0. The van der Waals surface area contributed by atoms with Gasteiger partial charge in [-0.05, 0) is 12.8 Å². The Morgan fingerprint density at radius 3 is 2.11 bits per heavy atom. The van der Waals surface area contributed by atoms with Crippen molar-refractivity contribution in [2.24, 2.45) is 0 Å². The third-order valence-corrected chi connectivity index (χ3v) is 7.73. The van der Waals surface area contributed by atoms with Gasteiger partial charge in [-0.1, -0.05) is 26.7 Å². The molecule has 0 saturated heterocycles. The number of sulfone groups is 1. The molecule has 1 heterocycles. The molecule has 0 fully saturated rings. The fourth-order valence-corrected chi connectivity index (χ4v) is 7.22. The normalized spacial score (nSPS) is 13.7. The monoisotopic (exact) mass is 326 g/mol. The summed E-state index contributed by atoms with van der Waals surface area (Å²) in [5, 5.41) is 3.07. The lowest BCUT2D eigenvalue weighted by atomic mass is 10.4. The molecule has 0 unspecified atom stereocenters. The van der Waals surface area contributed by atoms with Crippen molar-refractivity contribution in [2.75, 3.05) is 11.5 Å². The van der Waals surface area contributed by atoms with Crippen LogP contribution in [0.5, 0.6) is 0 Å². The molecule has 0 bridgehead atoms. The molecular weight excluding hydrogens is 304 g/mol. The SMILES string of the molecule is CCCCS(O)(O)c1cscc1S(=O)(=O)CCCC. The van der Waals surface area contributed by atoms with Crippen molar-refractivity contribution in [1.29, 1.82) is 0 Å². The highest BCUT2D eigenvalue weighted by molar-refractivity contribution is 8.24. The second-order valence-corrected chi connectivity index (χ2v) is 9.50. The molecule has 0 saturated carbocycles. The predicted octanol–water partition coefficient (Wildman–Crippen LogP) is 4.23. The van der Waals surface area contributed by atoms with E-state index in [-0.39, 0.29) is 21.3 Å². The van der Waals surface area contributed by atoms with E-state index in [2.05, 4.69) is 0 Å². The summed E-state index contributed by atoms with van der Waals surface area (Å²) in [5.41, 5.74) is 0. The minimum atomic E-state index is -3.41. The van der Waals surface area contributed by atoms with Crippen LogP contribution in [0.3, 0.4) is 0 Å². The molecule has 1 aromatic rings. The molecule has 0 aliphatic heterocycles. The molecule has 0 aliphatic carbocycles. The van der Waals surface area contributed by atoms with Crippen LogP contribution in [-0.2, 0) is 9.84 Å². The molecule has 4 nitrogen and oxygen atoms in total. The summed E-state index contributed by atoms with van der Waals surface area (Å²) in [4.78, 5) is 0.323. The molecule has 1 rings (SSSR count). The van der Waals surface area contributed by atoms with E-state index >= 15 is 0 Å². The fourth-order valence-electron chi connectivity index (χ4n) is 1.64. The van der Waals surface area contributed by atoms with Crippen molar-refractivity contribution in [3.05, 3.63) is 10.8 Å². The van der Waals surface area contributed by atoms with Gasteiger partial charge >= 0.3 is 0 Å². The standard InChI is InChI=1S/C12H22O4S3/c1-3-5-7-18(13,14)11-9-17-10-12(11)19(15,16)8-6-4-2/h9-10,13-14H,3-8H2,1-2H3. The van der Waals surface area contributed by atoms with Gasteiger partial charge in [0.05, 0.1) is 10.6 Å². The van der Waals surface area contributed by atoms with Gasteiger partial charge in [-0.25, -0.2) is 8.42 Å². The highest BCUT2D eigenvalue weighted by Crippen LogP contribution is 2.52. The number of hydrogen-bond acceptors (Lipinski definition) is 5. The van der Waals surface area contributed by atoms with Gasteiger partial charge in [0.1, 0.15) is 4.90 Å². The third-order valence-electron chi connectivity index (χ3n) is 2.83. The first-order chi connectivity index (χ1) is 8.85. The molecule has 112 valence electrons. The van der Waals surface area contributed by atoms with Gasteiger partial charge in [-0.2, -0.15) is 10.6 Å². The fraction of sp³-hybridized carbons (Fsp3) is 0.667. The van der Waals surface area contributed by atoms with Crippen LogP contribution in [-0.4, -0.2) is 29.0 Å². The van der Waals surface area contributed by atoms with E-state index in [1.165, 1.54) is 16.7 Å². The molecule has 19 heavy (non-hydrogen) atoms. The average Bonchev–Trinajstić information content (AvgIpc) is 2.85. The lowest BCUT2D eigenvalue weighted by Crippen LogP contribution is -2.11. The largest absolute Gasteiger partial charge is 0.295 e. The summed E-state index contributed by atoms with van der Waals surface area (Å²) in [7, 11) is -6.39. The van der Waals surface area contributed by atoms with Crippen LogP contribution in [0.2, 0.25) is 0 Å². The van der Waals surface area contributed by atoms with Crippen LogP contribution in [0.15, 0.2) is 20.6 Å². The van der Waals surface area contributed by atoms with Crippen LogP contribution in [0, 0.1) is 0 Å². The maximum absolute atomic E-state index is 12.2. The van der Waals surface area contributed by atoms with Gasteiger partial charge in [0.15, 0.2) is 9.84 Å². The average molecular weight is 327 g/mol. The summed E-state index contributed by atoms with van der Waals surface area (Å²) in [6, 6.07) is 0. The van der Waals surface area contributed by atoms with Crippen LogP contribution >= 0.6 is 21.9 Å². The van der Waals surface area contributed by atoms with E-state index in [0.29, 0.717) is 12.8 Å². The second-order valence-electron chi connectivity index (χ2n) is 4.50. The van der Waals surface area contributed by atoms with Gasteiger partial charge in [0.25, 0.3) is 0 Å². The second kappa shape index (κ2) is 7.08. The molecular formula is C12H22O4S3. The first-order valence-electron chi connectivity index (χ1n) is 6.40. The maximum Gasteiger partial charge on any atom is 0.181 e. The topological polar surface area (TPSA) is 74.6 Å². The van der Waals surface area contributed by atoms with E-state index in [4.69, 9.17) is 0 Å². The Balaban J connectivity index is 3.03. The van der Waals surface area contributed by atoms with Crippen molar-refractivity contribution in [1.82, 2.24) is 0 Å². The van der Waals surface area contributed by atoms with Crippen molar-refractivity contribution in [3.8, 4) is 0 Å². The number of hydrogen-bond donors (Lipinski definition) is 2. The van der Waals surface area contributed by atoms with Gasteiger partial charge in [-0.3, -0.25) is 9.11 Å². The zero-order valence-electron chi connectivity index (χ0n) is 11.3. The molecule has 0 radical (unpaired) electrons. The van der Waals surface area contributed by atoms with E-state index in [1.54, 1.807) is 5.38 Å². The Bertz CT molecular complexity index is 491. The van der Waals surface area contributed by atoms with Gasteiger partial charge in [0, 0.05) is 16.5 Å². The lowest BCUT2D eigenvalue weighted by molar-refractivity contribution is 0.481. The minimum absolute atomic E-state index is 0.0660. The van der Waals surface area contributed by atoms with E-state index < -0.39 is 20.4 Å². The Labute approximate surface area is 121 Å². The third kappa shape index (κ3) is 4.46. The molecule has 0 aliphatic rings. The smallest absolute Gasteiger partial charge is 0.181 e. The molecule has 0 spiro atoms.